The van der Waals surface area contributed by atoms with Gasteiger partial charge < -0.3 is 10.6 Å². The summed E-state index contributed by atoms with van der Waals surface area (Å²) in [6.07, 6.45) is 1.24. The van der Waals surface area contributed by atoms with E-state index in [-0.39, 0.29) is 5.02 Å². The van der Waals surface area contributed by atoms with Gasteiger partial charge in [0.2, 0.25) is 0 Å². The van der Waals surface area contributed by atoms with Gasteiger partial charge in [-0.15, -0.1) is 0 Å². The van der Waals surface area contributed by atoms with Crippen molar-refractivity contribution in [1.29, 1.82) is 0 Å². The zero-order valence-corrected chi connectivity index (χ0v) is 7.94. The average molecular weight is 215 g/mol. The van der Waals surface area contributed by atoms with E-state index >= 15 is 0 Å². The van der Waals surface area contributed by atoms with Gasteiger partial charge in [0.1, 0.15) is 5.82 Å². The quantitative estimate of drug-likeness (QED) is 0.781. The molecule has 2 amide bonds. The molecule has 5 heteroatoms. The highest BCUT2D eigenvalue weighted by molar-refractivity contribution is 6.31. The first-order chi connectivity index (χ1) is 6.63. The van der Waals surface area contributed by atoms with Gasteiger partial charge in [0, 0.05) is 5.69 Å². The molecule has 74 valence electrons. The van der Waals surface area contributed by atoms with E-state index in [2.05, 4.69) is 17.2 Å². The van der Waals surface area contributed by atoms with Crippen molar-refractivity contribution >= 4 is 23.3 Å². The van der Waals surface area contributed by atoms with Crippen molar-refractivity contribution in [2.24, 2.45) is 0 Å². The van der Waals surface area contributed by atoms with Gasteiger partial charge in [-0.2, -0.15) is 0 Å². The summed E-state index contributed by atoms with van der Waals surface area (Å²) < 4.78 is 12.7. The van der Waals surface area contributed by atoms with Crippen LogP contribution in [0.25, 0.3) is 0 Å². The van der Waals surface area contributed by atoms with Gasteiger partial charge in [0.05, 0.1) is 5.02 Å². The summed E-state index contributed by atoms with van der Waals surface area (Å²) in [5, 5.41) is 4.70. The molecule has 0 aliphatic heterocycles. The summed E-state index contributed by atoms with van der Waals surface area (Å²) in [6.45, 7) is 3.32. The first kappa shape index (κ1) is 10.5. The van der Waals surface area contributed by atoms with Crippen LogP contribution in [0.3, 0.4) is 0 Å². The molecule has 0 heterocycles. The summed E-state index contributed by atoms with van der Waals surface area (Å²) in [7, 11) is 0. The molecule has 0 radical (unpaired) electrons. The van der Waals surface area contributed by atoms with Gasteiger partial charge in [-0.05, 0) is 24.4 Å². The van der Waals surface area contributed by atoms with Crippen LogP contribution in [-0.4, -0.2) is 6.03 Å². The lowest BCUT2D eigenvalue weighted by atomic mass is 10.3. The normalized spacial score (nSPS) is 9.29. The summed E-state index contributed by atoms with van der Waals surface area (Å²) in [5.74, 6) is -0.527. The van der Waals surface area contributed by atoms with Crippen molar-refractivity contribution in [3.63, 3.8) is 0 Å². The standard InChI is InChI=1S/C9H8ClFN2O/c1-2-12-9(14)13-6-3-4-8(11)7(10)5-6/h2-5H,1H2,(H2,12,13,14). The topological polar surface area (TPSA) is 41.1 Å². The van der Waals surface area contributed by atoms with Crippen LogP contribution in [0.5, 0.6) is 0 Å². The van der Waals surface area contributed by atoms with E-state index in [4.69, 9.17) is 11.6 Å². The summed E-state index contributed by atoms with van der Waals surface area (Å²) in [6, 6.07) is 3.44. The Labute approximate surface area is 85.6 Å². The molecule has 0 unspecified atom stereocenters. The minimum Gasteiger partial charge on any atom is -0.315 e. The zero-order chi connectivity index (χ0) is 10.6. The molecule has 0 bridgehead atoms. The summed E-state index contributed by atoms with van der Waals surface area (Å²) >= 11 is 5.51. The lowest BCUT2D eigenvalue weighted by Gasteiger charge is -2.04. The zero-order valence-electron chi connectivity index (χ0n) is 7.18. The largest absolute Gasteiger partial charge is 0.323 e. The number of hydrogen-bond acceptors (Lipinski definition) is 1. The number of carbonyl (C=O) groups excluding carboxylic acids is 1. The lowest BCUT2D eigenvalue weighted by Crippen LogP contribution is -2.23. The van der Waals surface area contributed by atoms with Crippen LogP contribution in [0, 0.1) is 5.82 Å². The molecule has 0 aromatic heterocycles. The molecule has 0 aliphatic carbocycles. The molecule has 14 heavy (non-hydrogen) atoms. The second kappa shape index (κ2) is 4.62. The Bertz CT molecular complexity index is 368. The van der Waals surface area contributed by atoms with Crippen molar-refractivity contribution in [2.75, 3.05) is 5.32 Å². The monoisotopic (exact) mass is 214 g/mol. The highest BCUT2D eigenvalue weighted by Gasteiger charge is 2.02. The number of benzene rings is 1. The fraction of sp³-hybridized carbons (Fsp3) is 0. The number of urea groups is 1. The maximum absolute atomic E-state index is 12.7. The molecule has 1 aromatic rings. The van der Waals surface area contributed by atoms with Crippen LogP contribution in [0.15, 0.2) is 31.0 Å². The molecule has 0 fully saturated rings. The number of anilines is 1. The van der Waals surface area contributed by atoms with E-state index < -0.39 is 11.8 Å². The Morgan fingerprint density at radius 3 is 2.86 bits per heavy atom. The third-order valence-electron chi connectivity index (χ3n) is 1.41. The smallest absolute Gasteiger partial charge is 0.315 e. The Morgan fingerprint density at radius 1 is 1.57 bits per heavy atom. The van der Waals surface area contributed by atoms with Crippen LogP contribution in [0.1, 0.15) is 0 Å². The highest BCUT2D eigenvalue weighted by atomic mass is 35.5. The number of halogens is 2. The molecule has 0 spiro atoms. The van der Waals surface area contributed by atoms with E-state index in [1.807, 2.05) is 0 Å². The van der Waals surface area contributed by atoms with E-state index in [9.17, 15) is 9.18 Å². The minimum atomic E-state index is -0.527. The average Bonchev–Trinajstić information content (AvgIpc) is 2.12. The molecule has 0 saturated carbocycles. The third-order valence-corrected chi connectivity index (χ3v) is 1.70. The minimum absolute atomic E-state index is 0.0404. The Kier molecular flexibility index (Phi) is 3.48. The fourth-order valence-corrected chi connectivity index (χ4v) is 1.01. The van der Waals surface area contributed by atoms with E-state index in [1.54, 1.807) is 0 Å². The second-order valence-corrected chi connectivity index (χ2v) is 2.84. The maximum Gasteiger partial charge on any atom is 0.323 e. The third kappa shape index (κ3) is 2.74. The molecule has 0 aliphatic rings. The summed E-state index contributed by atoms with van der Waals surface area (Å²) in [4.78, 5) is 11.0. The van der Waals surface area contributed by atoms with Crippen LogP contribution in [0.4, 0.5) is 14.9 Å². The van der Waals surface area contributed by atoms with Crippen LogP contribution >= 0.6 is 11.6 Å². The van der Waals surface area contributed by atoms with Gasteiger partial charge >= 0.3 is 6.03 Å². The molecule has 0 saturated heterocycles. The molecule has 1 rings (SSSR count). The molecule has 0 atom stereocenters. The van der Waals surface area contributed by atoms with Crippen molar-refractivity contribution in [1.82, 2.24) is 5.32 Å². The van der Waals surface area contributed by atoms with E-state index in [1.165, 1.54) is 24.4 Å². The molecule has 2 N–H and O–H groups in total. The van der Waals surface area contributed by atoms with Crippen molar-refractivity contribution in [3.05, 3.63) is 41.8 Å². The SMILES string of the molecule is C=CNC(=O)Nc1ccc(F)c(Cl)c1. The maximum atomic E-state index is 12.7. The Balaban J connectivity index is 2.72. The highest BCUT2D eigenvalue weighted by Crippen LogP contribution is 2.18. The molecular weight excluding hydrogens is 207 g/mol. The second-order valence-electron chi connectivity index (χ2n) is 2.43. The van der Waals surface area contributed by atoms with Crippen LogP contribution in [0.2, 0.25) is 5.02 Å². The predicted molar refractivity (Wildman–Crippen MR) is 53.8 cm³/mol. The molecule has 3 nitrogen and oxygen atoms in total. The number of amides is 2. The van der Waals surface area contributed by atoms with E-state index in [0.29, 0.717) is 5.69 Å². The van der Waals surface area contributed by atoms with Gasteiger partial charge in [0.15, 0.2) is 0 Å². The Morgan fingerprint density at radius 2 is 2.29 bits per heavy atom. The summed E-state index contributed by atoms with van der Waals surface area (Å²) in [5.41, 5.74) is 0.413. The molecule has 1 aromatic carbocycles. The number of hydrogen-bond donors (Lipinski definition) is 2. The Hall–Kier alpha value is -1.55. The van der Waals surface area contributed by atoms with Crippen LogP contribution < -0.4 is 10.6 Å². The van der Waals surface area contributed by atoms with Gasteiger partial charge in [0.25, 0.3) is 0 Å². The fourth-order valence-electron chi connectivity index (χ4n) is 0.834. The number of rotatable bonds is 2. The predicted octanol–water partition coefficient (Wildman–Crippen LogP) is 2.74. The van der Waals surface area contributed by atoms with Gasteiger partial charge in [-0.1, -0.05) is 18.2 Å². The first-order valence-corrected chi connectivity index (χ1v) is 4.15. The van der Waals surface area contributed by atoms with Crippen LogP contribution in [-0.2, 0) is 0 Å². The lowest BCUT2D eigenvalue weighted by molar-refractivity contribution is 0.255. The molecular formula is C9H8ClFN2O. The first-order valence-electron chi connectivity index (χ1n) is 3.77. The van der Waals surface area contributed by atoms with Crippen molar-refractivity contribution < 1.29 is 9.18 Å². The van der Waals surface area contributed by atoms with E-state index in [0.717, 1.165) is 0 Å². The van der Waals surface area contributed by atoms with Crippen molar-refractivity contribution in [3.8, 4) is 0 Å². The van der Waals surface area contributed by atoms with Crippen molar-refractivity contribution in [2.45, 2.75) is 0 Å². The number of nitrogens with one attached hydrogen (secondary N) is 2. The van der Waals surface area contributed by atoms with Gasteiger partial charge in [-0.3, -0.25) is 0 Å². The number of carbonyl (C=O) groups is 1. The van der Waals surface area contributed by atoms with Gasteiger partial charge in [-0.25, -0.2) is 9.18 Å².